The second-order valence-electron chi connectivity index (χ2n) is 9.32. The minimum Gasteiger partial charge on any atom is -0.461 e. The van der Waals surface area contributed by atoms with Crippen LogP contribution in [0.3, 0.4) is 0 Å². The summed E-state index contributed by atoms with van der Waals surface area (Å²) in [5, 5.41) is 0. The highest BCUT2D eigenvalue weighted by Gasteiger charge is 2.52. The van der Waals surface area contributed by atoms with Crippen LogP contribution in [0.2, 0.25) is 0 Å². The summed E-state index contributed by atoms with van der Waals surface area (Å²) in [6, 6.07) is 0. The van der Waals surface area contributed by atoms with Crippen LogP contribution in [0.5, 0.6) is 0 Å². The minimum absolute atomic E-state index is 0.00586. The number of nitrogens with zero attached hydrogens (tertiary/aromatic N) is 1. The summed E-state index contributed by atoms with van der Waals surface area (Å²) in [6.45, 7) is 11.6. The van der Waals surface area contributed by atoms with Crippen molar-refractivity contribution in [3.63, 3.8) is 0 Å². The van der Waals surface area contributed by atoms with Crippen molar-refractivity contribution in [2.24, 2.45) is 23.2 Å². The van der Waals surface area contributed by atoms with E-state index in [1.807, 2.05) is 0 Å². The van der Waals surface area contributed by atoms with Gasteiger partial charge in [0.15, 0.2) is 0 Å². The average Bonchev–Trinajstić information content (AvgIpc) is 2.79. The Kier molecular flexibility index (Phi) is 4.48. The number of esters is 1. The molecule has 7 atom stereocenters. The molecule has 4 rings (SSSR count). The molecular weight excluding hydrogens is 314 g/mol. The Morgan fingerprint density at radius 2 is 1.96 bits per heavy atom. The zero-order valence-electron chi connectivity index (χ0n) is 16.2. The fourth-order valence-electron chi connectivity index (χ4n) is 5.97. The van der Waals surface area contributed by atoms with Crippen LogP contribution in [0.4, 0.5) is 0 Å². The van der Waals surface area contributed by atoms with E-state index in [0.29, 0.717) is 5.92 Å². The van der Waals surface area contributed by atoms with E-state index in [1.54, 1.807) is 5.57 Å². The van der Waals surface area contributed by atoms with Gasteiger partial charge in [0.1, 0.15) is 6.10 Å². The normalized spacial score (nSPS) is 47.7. The zero-order valence-corrected chi connectivity index (χ0v) is 16.2. The lowest BCUT2D eigenvalue weighted by Crippen LogP contribution is -2.48. The van der Waals surface area contributed by atoms with Gasteiger partial charge in [0.2, 0.25) is 0 Å². The van der Waals surface area contributed by atoms with Gasteiger partial charge in [0.05, 0.1) is 18.1 Å². The van der Waals surface area contributed by atoms with Gasteiger partial charge >= 0.3 is 5.97 Å². The van der Waals surface area contributed by atoms with Crippen LogP contribution < -0.4 is 0 Å². The van der Waals surface area contributed by atoms with Crippen LogP contribution in [-0.4, -0.2) is 48.8 Å². The molecule has 4 aliphatic rings. The second kappa shape index (κ2) is 6.38. The van der Waals surface area contributed by atoms with Crippen molar-refractivity contribution in [2.45, 2.75) is 71.7 Å². The summed E-state index contributed by atoms with van der Waals surface area (Å²) in [7, 11) is 0. The van der Waals surface area contributed by atoms with Gasteiger partial charge in [-0.25, -0.2) is 0 Å². The Hall–Kier alpha value is -0.870. The zero-order chi connectivity index (χ0) is 17.8. The van der Waals surface area contributed by atoms with E-state index in [2.05, 4.69) is 38.7 Å². The first-order valence-corrected chi connectivity index (χ1v) is 10.2. The van der Waals surface area contributed by atoms with Crippen molar-refractivity contribution >= 4 is 5.97 Å². The number of allylic oxidation sites excluding steroid dienone is 1. The van der Waals surface area contributed by atoms with Crippen LogP contribution in [0, 0.1) is 23.2 Å². The van der Waals surface area contributed by atoms with Crippen molar-refractivity contribution in [1.82, 2.24) is 4.90 Å². The molecule has 2 saturated heterocycles. The summed E-state index contributed by atoms with van der Waals surface area (Å²) in [5.41, 5.74) is 1.85. The highest BCUT2D eigenvalue weighted by atomic mass is 16.6. The third kappa shape index (κ3) is 3.16. The molecule has 4 nitrogen and oxygen atoms in total. The van der Waals surface area contributed by atoms with E-state index < -0.39 is 0 Å². The maximum atomic E-state index is 12.7. The van der Waals surface area contributed by atoms with Crippen molar-refractivity contribution in [3.05, 3.63) is 11.6 Å². The van der Waals surface area contributed by atoms with E-state index in [1.165, 1.54) is 19.3 Å². The van der Waals surface area contributed by atoms with Gasteiger partial charge in [-0.05, 0) is 44.4 Å². The van der Waals surface area contributed by atoms with E-state index in [9.17, 15) is 4.79 Å². The van der Waals surface area contributed by atoms with Crippen molar-refractivity contribution in [1.29, 1.82) is 0 Å². The van der Waals surface area contributed by atoms with Crippen LogP contribution >= 0.6 is 0 Å². The number of rotatable bonds is 2. The summed E-state index contributed by atoms with van der Waals surface area (Å²) >= 11 is 0. The molecule has 3 fully saturated rings. The maximum absolute atomic E-state index is 12.7. The molecular formula is C21H33NO3. The number of morpholine rings is 1. The van der Waals surface area contributed by atoms with E-state index in [0.717, 1.165) is 26.1 Å². The molecule has 0 unspecified atom stereocenters. The lowest BCUT2D eigenvalue weighted by atomic mass is 9.59. The van der Waals surface area contributed by atoms with Gasteiger partial charge in [-0.1, -0.05) is 31.9 Å². The molecule has 2 aliphatic heterocycles. The molecule has 0 aromatic rings. The number of ether oxygens (including phenoxy) is 2. The minimum atomic E-state index is -0.00586. The molecule has 1 saturated carbocycles. The number of carbonyl (C=O) groups is 1. The Balaban J connectivity index is 1.55. The Labute approximate surface area is 151 Å². The lowest BCUT2D eigenvalue weighted by Gasteiger charge is -2.46. The van der Waals surface area contributed by atoms with E-state index in [-0.39, 0.29) is 41.5 Å². The van der Waals surface area contributed by atoms with Crippen LogP contribution in [0.15, 0.2) is 11.6 Å². The highest BCUT2D eigenvalue weighted by Crippen LogP contribution is 2.54. The molecule has 0 radical (unpaired) electrons. The first-order chi connectivity index (χ1) is 11.9. The molecule has 2 aliphatic carbocycles. The largest absolute Gasteiger partial charge is 0.461 e. The molecule has 0 aromatic heterocycles. The maximum Gasteiger partial charge on any atom is 0.311 e. The molecule has 140 valence electrons. The third-order valence-corrected chi connectivity index (χ3v) is 7.03. The Morgan fingerprint density at radius 3 is 2.68 bits per heavy atom. The van der Waals surface area contributed by atoms with Gasteiger partial charge in [0.25, 0.3) is 0 Å². The summed E-state index contributed by atoms with van der Waals surface area (Å²) in [5.74, 6) is 0.936. The highest BCUT2D eigenvalue weighted by molar-refractivity contribution is 5.76. The molecule has 0 N–H and O–H groups in total. The molecule has 25 heavy (non-hydrogen) atoms. The number of hydrogen-bond donors (Lipinski definition) is 0. The molecule has 0 spiro atoms. The number of fused-ring (bicyclic) bond motifs is 2. The molecule has 4 heteroatoms. The topological polar surface area (TPSA) is 38.8 Å². The monoisotopic (exact) mass is 347 g/mol. The average molecular weight is 347 g/mol. The van der Waals surface area contributed by atoms with Crippen LogP contribution in [0.25, 0.3) is 0 Å². The quantitative estimate of drug-likeness (QED) is 0.567. The SMILES string of the molecule is C[C@@H]1CN(C[C@H]2C(=O)O[C@@H]3C[C@@]4(C)CCC[C@H](C)C4=C[C@@H]32)C[C@@H](C)O1. The predicted molar refractivity (Wildman–Crippen MR) is 97.1 cm³/mol. The van der Waals surface area contributed by atoms with Crippen molar-refractivity contribution in [3.8, 4) is 0 Å². The van der Waals surface area contributed by atoms with Gasteiger partial charge in [0, 0.05) is 25.6 Å². The van der Waals surface area contributed by atoms with Gasteiger partial charge < -0.3 is 9.47 Å². The van der Waals surface area contributed by atoms with Gasteiger partial charge in [-0.3, -0.25) is 9.69 Å². The summed E-state index contributed by atoms with van der Waals surface area (Å²) in [4.78, 5) is 15.1. The molecule has 2 heterocycles. The van der Waals surface area contributed by atoms with Crippen molar-refractivity contribution in [2.75, 3.05) is 19.6 Å². The first-order valence-electron chi connectivity index (χ1n) is 10.2. The van der Waals surface area contributed by atoms with Crippen LogP contribution in [0.1, 0.15) is 53.4 Å². The number of hydrogen-bond acceptors (Lipinski definition) is 4. The predicted octanol–water partition coefficient (Wildman–Crippen LogP) is 3.41. The van der Waals surface area contributed by atoms with Gasteiger partial charge in [-0.15, -0.1) is 0 Å². The van der Waals surface area contributed by atoms with E-state index >= 15 is 0 Å². The molecule has 0 amide bonds. The third-order valence-electron chi connectivity index (χ3n) is 7.03. The molecule has 0 bridgehead atoms. The Morgan fingerprint density at radius 1 is 1.24 bits per heavy atom. The summed E-state index contributed by atoms with van der Waals surface area (Å²) in [6.07, 6.45) is 7.88. The first kappa shape index (κ1) is 17.5. The Bertz CT molecular complexity index is 563. The van der Waals surface area contributed by atoms with E-state index in [4.69, 9.17) is 9.47 Å². The lowest BCUT2D eigenvalue weighted by molar-refractivity contribution is -0.146. The fourth-order valence-corrected chi connectivity index (χ4v) is 5.97. The smallest absolute Gasteiger partial charge is 0.311 e. The standard InChI is InChI=1S/C21H33NO3/c1-13-6-5-7-21(4)9-19-16(8-18(13)21)17(20(23)25-19)12-22-10-14(2)24-15(3)11-22/h8,13-17,19H,5-7,9-12H2,1-4H3/t13-,14+,15+,16+,17+,19+,21+/m0/s1. The van der Waals surface area contributed by atoms with Crippen molar-refractivity contribution < 1.29 is 14.3 Å². The molecule has 0 aromatic carbocycles. The number of carbonyl (C=O) groups excluding carboxylic acids is 1. The summed E-state index contributed by atoms with van der Waals surface area (Å²) < 4.78 is 11.7. The fraction of sp³-hybridized carbons (Fsp3) is 0.857. The second-order valence-corrected chi connectivity index (χ2v) is 9.32. The van der Waals surface area contributed by atoms with Crippen LogP contribution in [-0.2, 0) is 14.3 Å². The van der Waals surface area contributed by atoms with Gasteiger partial charge in [-0.2, -0.15) is 0 Å².